The van der Waals surface area contributed by atoms with Crippen molar-refractivity contribution in [2.45, 2.75) is 33.4 Å². The number of carboxylic acids is 1. The van der Waals surface area contributed by atoms with Crippen LogP contribution in [0.25, 0.3) is 0 Å². The molecular weight excluding hydrogens is 332 g/mol. The maximum Gasteiger partial charge on any atom is 0.326 e. The Morgan fingerprint density at radius 2 is 2.11 bits per heavy atom. The molecular formula is C12H17BrN2O3S. The van der Waals surface area contributed by atoms with Gasteiger partial charge in [-0.1, -0.05) is 20.8 Å². The topological polar surface area (TPSA) is 78.4 Å². The van der Waals surface area contributed by atoms with Gasteiger partial charge in [-0.05, 0) is 27.4 Å². The number of nitrogens with one attached hydrogen (secondary N) is 2. The van der Waals surface area contributed by atoms with Crippen LogP contribution in [0.5, 0.6) is 0 Å². The lowest BCUT2D eigenvalue weighted by atomic mass is 9.87. The highest BCUT2D eigenvalue weighted by Crippen LogP contribution is 2.20. The fourth-order valence-corrected chi connectivity index (χ4v) is 2.84. The number of urea groups is 1. The van der Waals surface area contributed by atoms with Crippen LogP contribution in [0.1, 0.15) is 25.6 Å². The zero-order valence-corrected chi connectivity index (χ0v) is 13.4. The first-order valence-corrected chi connectivity index (χ1v) is 7.37. The van der Waals surface area contributed by atoms with Crippen LogP contribution >= 0.6 is 27.3 Å². The second-order valence-corrected chi connectivity index (χ2v) is 7.11. The minimum absolute atomic E-state index is 0.374. The molecule has 0 bridgehead atoms. The van der Waals surface area contributed by atoms with Crippen LogP contribution in [-0.2, 0) is 11.3 Å². The molecule has 3 N–H and O–H groups in total. The molecule has 0 aromatic carbocycles. The van der Waals surface area contributed by atoms with E-state index in [1.165, 1.54) is 11.3 Å². The van der Waals surface area contributed by atoms with Crippen molar-refractivity contribution in [2.24, 2.45) is 5.41 Å². The predicted molar refractivity (Wildman–Crippen MR) is 78.3 cm³/mol. The Morgan fingerprint density at radius 1 is 1.47 bits per heavy atom. The SMILES string of the molecule is CC(C)(C)C(NC(=O)NCc1cc(Br)cs1)C(=O)O. The quantitative estimate of drug-likeness (QED) is 0.782. The highest BCUT2D eigenvalue weighted by atomic mass is 79.9. The number of carbonyl (C=O) groups excluding carboxylic acids is 1. The molecule has 0 aliphatic carbocycles. The molecule has 1 unspecified atom stereocenters. The molecule has 106 valence electrons. The number of rotatable bonds is 4. The molecule has 1 heterocycles. The fourth-order valence-electron chi connectivity index (χ4n) is 1.44. The first-order valence-electron chi connectivity index (χ1n) is 5.70. The Labute approximate surface area is 124 Å². The molecule has 1 aromatic heterocycles. The third-order valence-corrected chi connectivity index (χ3v) is 4.13. The van der Waals surface area contributed by atoms with Crippen molar-refractivity contribution in [3.63, 3.8) is 0 Å². The summed E-state index contributed by atoms with van der Waals surface area (Å²) in [6.45, 7) is 5.67. The number of hydrogen-bond donors (Lipinski definition) is 3. The van der Waals surface area contributed by atoms with E-state index >= 15 is 0 Å². The van der Waals surface area contributed by atoms with Crippen molar-refractivity contribution in [1.29, 1.82) is 0 Å². The summed E-state index contributed by atoms with van der Waals surface area (Å²) in [7, 11) is 0. The summed E-state index contributed by atoms with van der Waals surface area (Å²) in [6, 6.07) is 0.498. The lowest BCUT2D eigenvalue weighted by Crippen LogP contribution is -2.52. The van der Waals surface area contributed by atoms with Crippen LogP contribution in [0.4, 0.5) is 4.79 Å². The Bertz CT molecular complexity index is 468. The summed E-state index contributed by atoms with van der Waals surface area (Å²) >= 11 is 4.85. The van der Waals surface area contributed by atoms with Gasteiger partial charge in [0.05, 0.1) is 6.54 Å². The average molecular weight is 349 g/mol. The van der Waals surface area contributed by atoms with E-state index in [-0.39, 0.29) is 0 Å². The lowest BCUT2D eigenvalue weighted by Gasteiger charge is -2.27. The second-order valence-electron chi connectivity index (χ2n) is 5.20. The zero-order chi connectivity index (χ0) is 14.6. The molecule has 0 saturated carbocycles. The fraction of sp³-hybridized carbons (Fsp3) is 0.500. The third-order valence-electron chi connectivity index (χ3n) is 2.43. The van der Waals surface area contributed by atoms with Crippen molar-refractivity contribution < 1.29 is 14.7 Å². The van der Waals surface area contributed by atoms with E-state index in [4.69, 9.17) is 5.11 Å². The van der Waals surface area contributed by atoms with Gasteiger partial charge in [-0.2, -0.15) is 0 Å². The number of amides is 2. The van der Waals surface area contributed by atoms with Gasteiger partial charge < -0.3 is 15.7 Å². The van der Waals surface area contributed by atoms with E-state index in [1.807, 2.05) is 11.4 Å². The highest BCUT2D eigenvalue weighted by Gasteiger charge is 2.32. The van der Waals surface area contributed by atoms with Gasteiger partial charge in [0.2, 0.25) is 0 Å². The molecule has 0 saturated heterocycles. The summed E-state index contributed by atoms with van der Waals surface area (Å²) in [5, 5.41) is 16.1. The summed E-state index contributed by atoms with van der Waals surface area (Å²) in [4.78, 5) is 23.8. The minimum Gasteiger partial charge on any atom is -0.480 e. The highest BCUT2D eigenvalue weighted by molar-refractivity contribution is 9.10. The Hall–Kier alpha value is -1.08. The molecule has 0 fully saturated rings. The van der Waals surface area contributed by atoms with Gasteiger partial charge in [-0.3, -0.25) is 0 Å². The van der Waals surface area contributed by atoms with E-state index < -0.39 is 23.5 Å². The van der Waals surface area contributed by atoms with E-state index in [9.17, 15) is 9.59 Å². The van der Waals surface area contributed by atoms with Gasteiger partial charge in [0.25, 0.3) is 0 Å². The number of carboxylic acid groups (broad SMARTS) is 1. The predicted octanol–water partition coefficient (Wildman–Crippen LogP) is 2.81. The molecule has 0 aliphatic rings. The third kappa shape index (κ3) is 5.20. The van der Waals surface area contributed by atoms with Gasteiger partial charge in [0.1, 0.15) is 6.04 Å². The molecule has 1 aromatic rings. The van der Waals surface area contributed by atoms with E-state index in [1.54, 1.807) is 20.8 Å². The maximum atomic E-state index is 11.7. The largest absolute Gasteiger partial charge is 0.480 e. The van der Waals surface area contributed by atoms with Crippen LogP contribution in [0.3, 0.4) is 0 Å². The monoisotopic (exact) mass is 348 g/mol. The van der Waals surface area contributed by atoms with Crippen molar-refractivity contribution in [2.75, 3.05) is 0 Å². The number of aliphatic carboxylic acids is 1. The molecule has 0 radical (unpaired) electrons. The summed E-state index contributed by atoms with van der Waals surface area (Å²) in [5.74, 6) is -1.04. The smallest absolute Gasteiger partial charge is 0.326 e. The number of thiophene rings is 1. The van der Waals surface area contributed by atoms with Crippen molar-refractivity contribution >= 4 is 39.3 Å². The van der Waals surface area contributed by atoms with Gasteiger partial charge in [0, 0.05) is 14.7 Å². The second kappa shape index (κ2) is 6.38. The van der Waals surface area contributed by atoms with E-state index in [0.29, 0.717) is 6.54 Å². The van der Waals surface area contributed by atoms with Crippen LogP contribution in [0.15, 0.2) is 15.9 Å². The number of carbonyl (C=O) groups is 2. The van der Waals surface area contributed by atoms with Crippen LogP contribution in [0, 0.1) is 5.41 Å². The van der Waals surface area contributed by atoms with Crippen LogP contribution in [0.2, 0.25) is 0 Å². The first kappa shape index (κ1) is 16.0. The van der Waals surface area contributed by atoms with E-state index in [2.05, 4.69) is 26.6 Å². The molecule has 5 nitrogen and oxygen atoms in total. The van der Waals surface area contributed by atoms with Crippen LogP contribution in [-0.4, -0.2) is 23.1 Å². The minimum atomic E-state index is -1.04. The van der Waals surface area contributed by atoms with Gasteiger partial charge in [-0.15, -0.1) is 11.3 Å². The van der Waals surface area contributed by atoms with Gasteiger partial charge in [0.15, 0.2) is 0 Å². The molecule has 2 amide bonds. The Kier molecular flexibility index (Phi) is 5.37. The van der Waals surface area contributed by atoms with Gasteiger partial charge >= 0.3 is 12.0 Å². The molecule has 1 atom stereocenters. The molecule has 0 spiro atoms. The summed E-state index contributed by atoms with van der Waals surface area (Å²) in [6.07, 6.45) is 0. The standard InChI is InChI=1S/C12H17BrN2O3S/c1-12(2,3)9(10(16)17)15-11(18)14-5-8-4-7(13)6-19-8/h4,6,9H,5H2,1-3H3,(H,16,17)(H2,14,15,18). The molecule has 0 aliphatic heterocycles. The van der Waals surface area contributed by atoms with Gasteiger partial charge in [-0.25, -0.2) is 9.59 Å². The maximum absolute atomic E-state index is 11.7. The lowest BCUT2D eigenvalue weighted by molar-refractivity contribution is -0.141. The molecule has 7 heteroatoms. The van der Waals surface area contributed by atoms with Crippen LogP contribution < -0.4 is 10.6 Å². The molecule has 19 heavy (non-hydrogen) atoms. The number of hydrogen-bond acceptors (Lipinski definition) is 3. The van der Waals surface area contributed by atoms with E-state index in [0.717, 1.165) is 9.35 Å². The first-order chi connectivity index (χ1) is 8.70. The Balaban J connectivity index is 2.52. The summed E-state index contributed by atoms with van der Waals surface area (Å²) < 4.78 is 0.966. The van der Waals surface area contributed by atoms with Crippen molar-refractivity contribution in [1.82, 2.24) is 10.6 Å². The van der Waals surface area contributed by atoms with Crippen molar-refractivity contribution in [3.8, 4) is 0 Å². The average Bonchev–Trinajstić information content (AvgIpc) is 2.67. The number of halogens is 1. The Morgan fingerprint density at radius 3 is 2.53 bits per heavy atom. The summed E-state index contributed by atoms with van der Waals surface area (Å²) in [5.41, 5.74) is -0.546. The van der Waals surface area contributed by atoms with Crippen molar-refractivity contribution in [3.05, 3.63) is 20.8 Å². The molecule has 1 rings (SSSR count). The normalized spacial score (nSPS) is 12.8. The zero-order valence-electron chi connectivity index (χ0n) is 11.0.